The zero-order chi connectivity index (χ0) is 17.5. The highest BCUT2D eigenvalue weighted by atomic mass is 16.5. The Labute approximate surface area is 146 Å². The Kier molecular flexibility index (Phi) is 5.69. The molecule has 1 aromatic carbocycles. The van der Waals surface area contributed by atoms with Gasteiger partial charge in [0.05, 0.1) is 25.0 Å². The number of amides is 2. The summed E-state index contributed by atoms with van der Waals surface area (Å²) in [6.07, 6.45) is 2.30. The van der Waals surface area contributed by atoms with Gasteiger partial charge in [-0.1, -0.05) is 18.2 Å². The number of hydrogen-bond acceptors (Lipinski definition) is 5. The summed E-state index contributed by atoms with van der Waals surface area (Å²) in [4.78, 5) is 16.1. The van der Waals surface area contributed by atoms with Gasteiger partial charge >= 0.3 is 6.03 Å². The number of hydrogen-bond donors (Lipinski definition) is 2. The highest BCUT2D eigenvalue weighted by Crippen LogP contribution is 2.27. The van der Waals surface area contributed by atoms with Gasteiger partial charge in [0, 0.05) is 19.6 Å². The van der Waals surface area contributed by atoms with Crippen molar-refractivity contribution in [1.29, 1.82) is 0 Å². The van der Waals surface area contributed by atoms with Crippen molar-refractivity contribution in [3.63, 3.8) is 0 Å². The lowest BCUT2D eigenvalue weighted by molar-refractivity contribution is 0.144. The molecule has 7 heteroatoms. The molecule has 2 heterocycles. The Morgan fingerprint density at radius 2 is 2.16 bits per heavy atom. The second kappa shape index (κ2) is 8.34. The summed E-state index contributed by atoms with van der Waals surface area (Å²) in [6.45, 7) is 1.36. The molecule has 3 rings (SSSR count). The summed E-state index contributed by atoms with van der Waals surface area (Å²) in [5.41, 5.74) is 1.76. The molecular weight excluding hydrogens is 322 g/mol. The monoisotopic (exact) mass is 343 g/mol. The summed E-state index contributed by atoms with van der Waals surface area (Å²) >= 11 is 0. The summed E-state index contributed by atoms with van der Waals surface area (Å²) in [5.74, 6) is 1.38. The molecule has 1 atom stereocenters. The van der Waals surface area contributed by atoms with E-state index >= 15 is 0 Å². The van der Waals surface area contributed by atoms with Crippen molar-refractivity contribution in [2.75, 3.05) is 32.2 Å². The van der Waals surface area contributed by atoms with Gasteiger partial charge in [-0.2, -0.15) is 0 Å². The summed E-state index contributed by atoms with van der Waals surface area (Å²) < 4.78 is 16.1. The predicted molar refractivity (Wildman–Crippen MR) is 93.2 cm³/mol. The molecule has 1 aliphatic rings. The number of rotatable bonds is 7. The third-order valence-electron chi connectivity index (χ3n) is 3.74. The molecule has 2 N–H and O–H groups in total. The van der Waals surface area contributed by atoms with Crippen LogP contribution in [0.2, 0.25) is 0 Å². The standard InChI is InChI=1S/C18H21N3O4/c1-23-8-9-24-17-7-6-14(11-19-17)21-18(22)20-12-15-10-13-4-2-3-5-16(13)25-15/h2-7,11,15H,8-10,12H2,1H3,(H2,20,21,22)/t15-/m0/s1. The summed E-state index contributed by atoms with van der Waals surface area (Å²) in [5, 5.41) is 5.55. The number of carbonyl (C=O) groups is 1. The lowest BCUT2D eigenvalue weighted by Gasteiger charge is -2.13. The minimum Gasteiger partial charge on any atom is -0.488 e. The van der Waals surface area contributed by atoms with Crippen molar-refractivity contribution < 1.29 is 19.0 Å². The van der Waals surface area contributed by atoms with Gasteiger partial charge in [-0.25, -0.2) is 9.78 Å². The molecule has 0 radical (unpaired) electrons. The number of benzene rings is 1. The number of ether oxygens (including phenoxy) is 3. The second-order valence-electron chi connectivity index (χ2n) is 5.61. The van der Waals surface area contributed by atoms with Gasteiger partial charge in [-0.15, -0.1) is 0 Å². The average Bonchev–Trinajstić information content (AvgIpc) is 3.05. The van der Waals surface area contributed by atoms with Gasteiger partial charge in [0.15, 0.2) is 0 Å². The van der Waals surface area contributed by atoms with Crippen LogP contribution >= 0.6 is 0 Å². The van der Waals surface area contributed by atoms with Crippen molar-refractivity contribution in [1.82, 2.24) is 10.3 Å². The number of fused-ring (bicyclic) bond motifs is 1. The first-order valence-corrected chi connectivity index (χ1v) is 8.12. The highest BCUT2D eigenvalue weighted by Gasteiger charge is 2.22. The van der Waals surface area contributed by atoms with Crippen molar-refractivity contribution in [2.45, 2.75) is 12.5 Å². The molecule has 2 aromatic rings. The first kappa shape index (κ1) is 17.0. The van der Waals surface area contributed by atoms with Crippen LogP contribution < -0.4 is 20.1 Å². The summed E-state index contributed by atoms with van der Waals surface area (Å²) in [6, 6.07) is 11.0. The van der Waals surface area contributed by atoms with E-state index in [9.17, 15) is 4.79 Å². The SMILES string of the molecule is COCCOc1ccc(NC(=O)NC[C@@H]2Cc3ccccc3O2)cn1. The molecule has 0 fully saturated rings. The lowest BCUT2D eigenvalue weighted by Crippen LogP contribution is -2.37. The lowest BCUT2D eigenvalue weighted by atomic mass is 10.1. The molecule has 0 bridgehead atoms. The third kappa shape index (κ3) is 4.84. The van der Waals surface area contributed by atoms with E-state index in [2.05, 4.69) is 15.6 Å². The van der Waals surface area contributed by atoms with E-state index in [0.29, 0.717) is 31.3 Å². The minimum absolute atomic E-state index is 0.0437. The molecule has 7 nitrogen and oxygen atoms in total. The number of nitrogens with zero attached hydrogens (tertiary/aromatic N) is 1. The molecule has 25 heavy (non-hydrogen) atoms. The molecule has 0 spiro atoms. The first-order chi connectivity index (χ1) is 12.2. The molecule has 0 aliphatic carbocycles. The number of methoxy groups -OCH3 is 1. The number of urea groups is 1. The fourth-order valence-corrected chi connectivity index (χ4v) is 2.52. The van der Waals surface area contributed by atoms with Crippen LogP contribution in [0.4, 0.5) is 10.5 Å². The minimum atomic E-state index is -0.297. The van der Waals surface area contributed by atoms with Crippen LogP contribution in [0.3, 0.4) is 0 Å². The maximum absolute atomic E-state index is 12.0. The average molecular weight is 343 g/mol. The number of nitrogens with one attached hydrogen (secondary N) is 2. The quantitative estimate of drug-likeness (QED) is 0.754. The number of carbonyl (C=O) groups excluding carboxylic acids is 1. The van der Waals surface area contributed by atoms with Gasteiger partial charge in [-0.05, 0) is 17.7 Å². The molecule has 2 amide bonds. The van der Waals surface area contributed by atoms with Gasteiger partial charge in [-0.3, -0.25) is 0 Å². The molecule has 132 valence electrons. The van der Waals surface area contributed by atoms with Crippen LogP contribution in [0.5, 0.6) is 11.6 Å². The van der Waals surface area contributed by atoms with Crippen LogP contribution in [-0.2, 0) is 11.2 Å². The number of para-hydroxylation sites is 1. The molecule has 0 saturated carbocycles. The molecular formula is C18H21N3O4. The zero-order valence-corrected chi connectivity index (χ0v) is 14.0. The molecule has 1 aromatic heterocycles. The van der Waals surface area contributed by atoms with E-state index in [1.54, 1.807) is 25.4 Å². The maximum Gasteiger partial charge on any atom is 0.319 e. The Balaban J connectivity index is 1.41. The molecule has 0 saturated heterocycles. The van der Waals surface area contributed by atoms with Crippen LogP contribution in [0.1, 0.15) is 5.56 Å². The van der Waals surface area contributed by atoms with Crippen molar-refractivity contribution >= 4 is 11.7 Å². The van der Waals surface area contributed by atoms with Crippen molar-refractivity contribution in [2.24, 2.45) is 0 Å². The molecule has 0 unspecified atom stereocenters. The van der Waals surface area contributed by atoms with E-state index in [-0.39, 0.29) is 12.1 Å². The Morgan fingerprint density at radius 3 is 2.92 bits per heavy atom. The van der Waals surface area contributed by atoms with Gasteiger partial charge in [0.25, 0.3) is 0 Å². The van der Waals surface area contributed by atoms with Crippen LogP contribution in [0.25, 0.3) is 0 Å². The summed E-state index contributed by atoms with van der Waals surface area (Å²) in [7, 11) is 1.61. The number of anilines is 1. The second-order valence-corrected chi connectivity index (χ2v) is 5.61. The smallest absolute Gasteiger partial charge is 0.319 e. The highest BCUT2D eigenvalue weighted by molar-refractivity contribution is 5.89. The van der Waals surface area contributed by atoms with E-state index in [0.717, 1.165) is 12.2 Å². The Morgan fingerprint density at radius 1 is 1.28 bits per heavy atom. The van der Waals surface area contributed by atoms with E-state index < -0.39 is 0 Å². The number of pyridine rings is 1. The fourth-order valence-electron chi connectivity index (χ4n) is 2.52. The van der Waals surface area contributed by atoms with Gasteiger partial charge < -0.3 is 24.8 Å². The fraction of sp³-hybridized carbons (Fsp3) is 0.333. The predicted octanol–water partition coefficient (Wildman–Crippen LogP) is 2.23. The van der Waals surface area contributed by atoms with Crippen LogP contribution in [0, 0.1) is 0 Å². The van der Waals surface area contributed by atoms with Crippen molar-refractivity contribution in [3.05, 3.63) is 48.2 Å². The maximum atomic E-state index is 12.0. The topological polar surface area (TPSA) is 81.7 Å². The molecule has 1 aliphatic heterocycles. The van der Waals surface area contributed by atoms with E-state index in [1.807, 2.05) is 24.3 Å². The van der Waals surface area contributed by atoms with Crippen LogP contribution in [0.15, 0.2) is 42.6 Å². The largest absolute Gasteiger partial charge is 0.488 e. The number of aromatic nitrogens is 1. The van der Waals surface area contributed by atoms with Gasteiger partial charge in [0.1, 0.15) is 18.5 Å². The zero-order valence-electron chi connectivity index (χ0n) is 14.0. The third-order valence-corrected chi connectivity index (χ3v) is 3.74. The van der Waals surface area contributed by atoms with Crippen LogP contribution in [-0.4, -0.2) is 44.0 Å². The van der Waals surface area contributed by atoms with Gasteiger partial charge in [0.2, 0.25) is 5.88 Å². The Bertz CT molecular complexity index is 681. The first-order valence-electron chi connectivity index (χ1n) is 8.12. The Hall–Kier alpha value is -2.80. The normalized spacial score (nSPS) is 15.2. The van der Waals surface area contributed by atoms with E-state index in [4.69, 9.17) is 14.2 Å². The van der Waals surface area contributed by atoms with Crippen molar-refractivity contribution in [3.8, 4) is 11.6 Å². The van der Waals surface area contributed by atoms with E-state index in [1.165, 1.54) is 5.56 Å².